The summed E-state index contributed by atoms with van der Waals surface area (Å²) in [6.07, 6.45) is -0.137. The standard InChI is InChI=1S/C17H24O6/c1-8-11-5-12-9(2)15(20)23-17(12,21)7-16(11,4)14(19)6-13(8)22-10(3)18/h8,11,13-14,19,21H,5-7H2,1-4H3/t8-,11-,13+,14-,16+,17-/m1/s1. The summed E-state index contributed by atoms with van der Waals surface area (Å²) in [6.45, 7) is 6.94. The molecule has 0 saturated heterocycles. The predicted octanol–water partition coefficient (Wildman–Crippen LogP) is 1.30. The number of ether oxygens (including phenoxy) is 2. The lowest BCUT2D eigenvalue weighted by Crippen LogP contribution is -2.59. The average molecular weight is 324 g/mol. The average Bonchev–Trinajstić information content (AvgIpc) is 2.63. The van der Waals surface area contributed by atoms with E-state index < -0.39 is 23.3 Å². The quantitative estimate of drug-likeness (QED) is 0.706. The normalized spacial score (nSPS) is 46.1. The number of fused-ring (bicyclic) bond motifs is 2. The topological polar surface area (TPSA) is 93.1 Å². The molecule has 0 aromatic heterocycles. The molecular formula is C17H24O6. The van der Waals surface area contributed by atoms with Crippen LogP contribution >= 0.6 is 0 Å². The first-order valence-corrected chi connectivity index (χ1v) is 8.09. The molecule has 0 spiro atoms. The lowest BCUT2D eigenvalue weighted by Gasteiger charge is -2.56. The Balaban J connectivity index is 1.97. The van der Waals surface area contributed by atoms with Crippen molar-refractivity contribution in [3.05, 3.63) is 11.1 Å². The first-order chi connectivity index (χ1) is 10.6. The van der Waals surface area contributed by atoms with Crippen LogP contribution in [-0.2, 0) is 19.1 Å². The fourth-order valence-electron chi connectivity index (χ4n) is 4.75. The Morgan fingerprint density at radius 3 is 2.70 bits per heavy atom. The zero-order chi connectivity index (χ0) is 17.2. The minimum absolute atomic E-state index is 0.00433. The van der Waals surface area contributed by atoms with Crippen molar-refractivity contribution in [1.29, 1.82) is 0 Å². The van der Waals surface area contributed by atoms with Crippen LogP contribution in [-0.4, -0.2) is 40.1 Å². The predicted molar refractivity (Wildman–Crippen MR) is 79.9 cm³/mol. The molecule has 3 aliphatic rings. The molecule has 2 N–H and O–H groups in total. The molecule has 6 atom stereocenters. The number of carbonyl (C=O) groups excluding carboxylic acids is 2. The van der Waals surface area contributed by atoms with E-state index in [2.05, 4.69) is 0 Å². The van der Waals surface area contributed by atoms with Crippen LogP contribution in [0.15, 0.2) is 11.1 Å². The summed E-state index contributed by atoms with van der Waals surface area (Å²) in [5, 5.41) is 21.4. The van der Waals surface area contributed by atoms with E-state index in [-0.39, 0.29) is 30.3 Å². The van der Waals surface area contributed by atoms with E-state index in [4.69, 9.17) is 9.47 Å². The van der Waals surface area contributed by atoms with Gasteiger partial charge in [-0.3, -0.25) is 4.79 Å². The minimum atomic E-state index is -1.61. The highest BCUT2D eigenvalue weighted by Gasteiger charge is 2.62. The van der Waals surface area contributed by atoms with Gasteiger partial charge in [-0.15, -0.1) is 0 Å². The molecule has 0 radical (unpaired) electrons. The van der Waals surface area contributed by atoms with Crippen LogP contribution in [0.4, 0.5) is 0 Å². The Bertz CT molecular complexity index is 596. The molecule has 6 nitrogen and oxygen atoms in total. The molecule has 0 aromatic carbocycles. The second-order valence-electron chi connectivity index (χ2n) is 7.53. The van der Waals surface area contributed by atoms with Gasteiger partial charge in [-0.05, 0) is 25.2 Å². The van der Waals surface area contributed by atoms with Crippen molar-refractivity contribution in [3.63, 3.8) is 0 Å². The van der Waals surface area contributed by atoms with Crippen LogP contribution in [0.1, 0.15) is 47.0 Å². The molecule has 3 rings (SSSR count). The van der Waals surface area contributed by atoms with Crippen molar-refractivity contribution in [2.75, 3.05) is 0 Å². The summed E-state index contributed by atoms with van der Waals surface area (Å²) in [5.74, 6) is -2.45. The molecule has 1 heterocycles. The van der Waals surface area contributed by atoms with Gasteiger partial charge in [0.05, 0.1) is 6.10 Å². The fourth-order valence-corrected chi connectivity index (χ4v) is 4.75. The molecule has 0 amide bonds. The van der Waals surface area contributed by atoms with E-state index in [1.165, 1.54) is 6.92 Å². The number of rotatable bonds is 1. The van der Waals surface area contributed by atoms with Crippen LogP contribution in [0.5, 0.6) is 0 Å². The summed E-state index contributed by atoms with van der Waals surface area (Å²) in [7, 11) is 0. The molecule has 2 fully saturated rings. The third-order valence-electron chi connectivity index (χ3n) is 6.14. The maximum Gasteiger partial charge on any atom is 0.336 e. The molecule has 1 aliphatic heterocycles. The number of esters is 2. The maximum atomic E-state index is 11.9. The van der Waals surface area contributed by atoms with E-state index in [1.54, 1.807) is 6.92 Å². The Kier molecular flexibility index (Phi) is 3.61. The Hall–Kier alpha value is -1.40. The zero-order valence-electron chi connectivity index (χ0n) is 14.0. The van der Waals surface area contributed by atoms with Gasteiger partial charge in [-0.2, -0.15) is 0 Å². The Morgan fingerprint density at radius 1 is 1.43 bits per heavy atom. The SMILES string of the molecule is CC(=O)O[C@H]1C[C@@H](O)[C@@]2(C)C[C@@]3(O)OC(=O)C(C)=C3C[C@@H]2[C@H]1C. The van der Waals surface area contributed by atoms with Gasteiger partial charge in [-0.25, -0.2) is 4.79 Å². The summed E-state index contributed by atoms with van der Waals surface area (Å²) < 4.78 is 10.6. The lowest BCUT2D eigenvalue weighted by molar-refractivity contribution is -0.232. The molecule has 23 heavy (non-hydrogen) atoms. The Morgan fingerprint density at radius 2 is 2.09 bits per heavy atom. The van der Waals surface area contributed by atoms with Gasteiger partial charge in [0.2, 0.25) is 5.79 Å². The summed E-state index contributed by atoms with van der Waals surface area (Å²) in [4.78, 5) is 23.2. The molecule has 2 saturated carbocycles. The highest BCUT2D eigenvalue weighted by molar-refractivity contribution is 5.92. The van der Waals surface area contributed by atoms with E-state index >= 15 is 0 Å². The minimum Gasteiger partial charge on any atom is -0.462 e. The first kappa shape index (κ1) is 16.5. The van der Waals surface area contributed by atoms with Crippen molar-refractivity contribution < 1.29 is 29.3 Å². The third kappa shape index (κ3) is 2.31. The molecule has 0 unspecified atom stereocenters. The van der Waals surface area contributed by atoms with Crippen LogP contribution < -0.4 is 0 Å². The molecule has 0 aromatic rings. The molecule has 128 valence electrons. The highest BCUT2D eigenvalue weighted by atomic mass is 16.7. The summed E-state index contributed by atoms with van der Waals surface area (Å²) >= 11 is 0. The van der Waals surface area contributed by atoms with E-state index in [0.29, 0.717) is 24.0 Å². The first-order valence-electron chi connectivity index (χ1n) is 8.09. The second-order valence-corrected chi connectivity index (χ2v) is 7.53. The molecular weight excluding hydrogens is 300 g/mol. The van der Waals surface area contributed by atoms with Crippen molar-refractivity contribution >= 4 is 11.9 Å². The van der Waals surface area contributed by atoms with Crippen molar-refractivity contribution in [1.82, 2.24) is 0 Å². The number of hydrogen-bond acceptors (Lipinski definition) is 6. The second kappa shape index (κ2) is 5.05. The van der Waals surface area contributed by atoms with Crippen LogP contribution in [0.3, 0.4) is 0 Å². The van der Waals surface area contributed by atoms with Gasteiger partial charge < -0.3 is 19.7 Å². The number of hydrogen-bond donors (Lipinski definition) is 2. The smallest absolute Gasteiger partial charge is 0.336 e. The third-order valence-corrected chi connectivity index (χ3v) is 6.14. The van der Waals surface area contributed by atoms with Gasteiger partial charge in [0.25, 0.3) is 0 Å². The van der Waals surface area contributed by atoms with Gasteiger partial charge in [-0.1, -0.05) is 13.8 Å². The van der Waals surface area contributed by atoms with Gasteiger partial charge in [0.1, 0.15) is 6.10 Å². The van der Waals surface area contributed by atoms with E-state index in [0.717, 1.165) is 0 Å². The zero-order valence-corrected chi connectivity index (χ0v) is 14.0. The fraction of sp³-hybridized carbons (Fsp3) is 0.765. The maximum absolute atomic E-state index is 11.9. The molecule has 0 bridgehead atoms. The van der Waals surface area contributed by atoms with Gasteiger partial charge in [0, 0.05) is 36.3 Å². The monoisotopic (exact) mass is 324 g/mol. The number of aliphatic hydroxyl groups excluding tert-OH is 1. The number of carbonyl (C=O) groups is 2. The lowest BCUT2D eigenvalue weighted by atomic mass is 9.52. The Labute approximate surface area is 135 Å². The van der Waals surface area contributed by atoms with Gasteiger partial charge in [0.15, 0.2) is 0 Å². The van der Waals surface area contributed by atoms with Crippen molar-refractivity contribution in [3.8, 4) is 0 Å². The largest absolute Gasteiger partial charge is 0.462 e. The summed E-state index contributed by atoms with van der Waals surface area (Å²) in [5.41, 5.74) is 0.456. The summed E-state index contributed by atoms with van der Waals surface area (Å²) in [6, 6.07) is 0. The molecule has 6 heteroatoms. The van der Waals surface area contributed by atoms with Crippen LogP contribution in [0.2, 0.25) is 0 Å². The van der Waals surface area contributed by atoms with E-state index in [9.17, 15) is 19.8 Å². The van der Waals surface area contributed by atoms with Crippen molar-refractivity contribution in [2.45, 2.75) is 65.0 Å². The van der Waals surface area contributed by atoms with Crippen LogP contribution in [0, 0.1) is 17.3 Å². The van der Waals surface area contributed by atoms with Crippen molar-refractivity contribution in [2.24, 2.45) is 17.3 Å². The van der Waals surface area contributed by atoms with Gasteiger partial charge >= 0.3 is 11.9 Å². The van der Waals surface area contributed by atoms with Crippen LogP contribution in [0.25, 0.3) is 0 Å². The molecule has 2 aliphatic carbocycles. The number of aliphatic hydroxyl groups is 2. The van der Waals surface area contributed by atoms with E-state index in [1.807, 2.05) is 13.8 Å². The highest BCUT2D eigenvalue weighted by Crippen LogP contribution is 2.59.